The molecular weight excluding hydrogens is 501 g/mol. The number of anilines is 1. The fourth-order valence-electron chi connectivity index (χ4n) is 4.48. The minimum absolute atomic E-state index is 0.0167. The lowest BCUT2D eigenvalue weighted by molar-refractivity contribution is -0.133. The van der Waals surface area contributed by atoms with Crippen molar-refractivity contribution in [1.82, 2.24) is 15.5 Å². The lowest BCUT2D eigenvalue weighted by Crippen LogP contribution is -2.62. The zero-order chi connectivity index (χ0) is 26.0. The molecule has 36 heavy (non-hydrogen) atoms. The molecule has 2 fully saturated rings. The number of halogens is 4. The van der Waals surface area contributed by atoms with Crippen LogP contribution in [0.4, 0.5) is 23.7 Å². The molecular formula is C24H24ClF3N4O4. The smallest absolute Gasteiger partial charge is 0.408 e. The summed E-state index contributed by atoms with van der Waals surface area (Å²) in [6.07, 6.45) is -2.44. The molecule has 2 aromatic rings. The van der Waals surface area contributed by atoms with Crippen molar-refractivity contribution in [2.24, 2.45) is 0 Å². The third-order valence-electron chi connectivity index (χ3n) is 6.24. The van der Waals surface area contributed by atoms with Gasteiger partial charge in [-0.15, -0.1) is 0 Å². The summed E-state index contributed by atoms with van der Waals surface area (Å²) in [6.45, 7) is 0.297. The van der Waals surface area contributed by atoms with Gasteiger partial charge in [0, 0.05) is 54.8 Å². The van der Waals surface area contributed by atoms with Crippen molar-refractivity contribution in [2.75, 3.05) is 24.5 Å². The van der Waals surface area contributed by atoms with E-state index in [0.29, 0.717) is 6.54 Å². The first-order valence-corrected chi connectivity index (χ1v) is 11.7. The van der Waals surface area contributed by atoms with Crippen molar-refractivity contribution < 1.29 is 32.7 Å². The number of alkyl halides is 2. The highest BCUT2D eigenvalue weighted by Crippen LogP contribution is 2.39. The maximum Gasteiger partial charge on any atom is 0.408 e. The molecule has 12 heteroatoms. The van der Waals surface area contributed by atoms with Gasteiger partial charge in [-0.1, -0.05) is 35.9 Å². The molecule has 0 aromatic heterocycles. The lowest BCUT2D eigenvalue weighted by atomic mass is 9.87. The summed E-state index contributed by atoms with van der Waals surface area (Å²) in [7, 11) is 0. The minimum atomic E-state index is -2.90. The van der Waals surface area contributed by atoms with Gasteiger partial charge in [-0.25, -0.2) is 18.0 Å². The quantitative estimate of drug-likeness (QED) is 0.537. The summed E-state index contributed by atoms with van der Waals surface area (Å²) in [5.41, 5.74) is 0.154. The SMILES string of the molecule is O=C(NC1CC(F)(F)C1)C(c1ccccc1Cl)N(C(=O)C1CNCCN1C(=O)O)c1cccc(F)c1. The minimum Gasteiger partial charge on any atom is -0.465 e. The van der Waals surface area contributed by atoms with Crippen LogP contribution in [-0.2, 0) is 9.59 Å². The van der Waals surface area contributed by atoms with Gasteiger partial charge in [0.25, 0.3) is 11.8 Å². The fourth-order valence-corrected chi connectivity index (χ4v) is 4.72. The van der Waals surface area contributed by atoms with Gasteiger partial charge < -0.3 is 15.7 Å². The number of hydrogen-bond acceptors (Lipinski definition) is 4. The third kappa shape index (κ3) is 5.41. The van der Waals surface area contributed by atoms with Gasteiger partial charge in [-0.3, -0.25) is 19.4 Å². The predicted octanol–water partition coefficient (Wildman–Crippen LogP) is 3.42. The highest BCUT2D eigenvalue weighted by Gasteiger charge is 2.48. The van der Waals surface area contributed by atoms with Crippen LogP contribution in [-0.4, -0.2) is 65.6 Å². The van der Waals surface area contributed by atoms with Gasteiger partial charge in [0.05, 0.1) is 0 Å². The van der Waals surface area contributed by atoms with Crippen molar-refractivity contribution in [2.45, 2.75) is 36.9 Å². The Bertz CT molecular complexity index is 1160. The fraction of sp³-hybridized carbons (Fsp3) is 0.375. The molecule has 1 saturated carbocycles. The van der Waals surface area contributed by atoms with Gasteiger partial charge in [0.2, 0.25) is 5.91 Å². The van der Waals surface area contributed by atoms with Gasteiger partial charge in [-0.2, -0.15) is 0 Å². The molecule has 2 aliphatic rings. The van der Waals surface area contributed by atoms with Crippen LogP contribution in [0, 0.1) is 5.82 Å². The number of amides is 3. The maximum atomic E-state index is 14.3. The van der Waals surface area contributed by atoms with E-state index < -0.39 is 60.6 Å². The Labute approximate surface area is 210 Å². The van der Waals surface area contributed by atoms with E-state index in [9.17, 15) is 32.7 Å². The van der Waals surface area contributed by atoms with Gasteiger partial charge >= 0.3 is 6.09 Å². The van der Waals surface area contributed by atoms with E-state index in [1.54, 1.807) is 12.1 Å². The molecule has 1 heterocycles. The highest BCUT2D eigenvalue weighted by atomic mass is 35.5. The van der Waals surface area contributed by atoms with E-state index >= 15 is 0 Å². The summed E-state index contributed by atoms with van der Waals surface area (Å²) in [6, 6.07) is 7.57. The normalized spacial score (nSPS) is 20.2. The van der Waals surface area contributed by atoms with Crippen molar-refractivity contribution in [3.05, 3.63) is 64.9 Å². The number of nitrogens with zero attached hydrogens (tertiary/aromatic N) is 2. The number of rotatable bonds is 6. The Balaban J connectivity index is 1.80. The molecule has 3 N–H and O–H groups in total. The monoisotopic (exact) mass is 524 g/mol. The Morgan fingerprint density at radius 1 is 1.17 bits per heavy atom. The molecule has 192 valence electrons. The van der Waals surface area contributed by atoms with Crippen molar-refractivity contribution in [3.8, 4) is 0 Å². The van der Waals surface area contributed by atoms with Gasteiger partial charge in [0.1, 0.15) is 17.9 Å². The highest BCUT2D eigenvalue weighted by molar-refractivity contribution is 6.31. The standard InChI is InChI=1S/C24H24ClF3N4O4/c25-18-7-2-1-6-17(18)20(21(33)30-15-11-24(27,28)12-15)32(16-5-3-4-14(26)10-16)22(34)19-13-29-8-9-31(19)23(35)36/h1-7,10,15,19-20,29H,8-9,11-13H2,(H,30,33)(H,35,36). The van der Waals surface area contributed by atoms with E-state index in [1.165, 1.54) is 24.3 Å². The van der Waals surface area contributed by atoms with Crippen molar-refractivity contribution in [3.63, 3.8) is 0 Å². The molecule has 8 nitrogen and oxygen atoms in total. The molecule has 2 aromatic carbocycles. The predicted molar refractivity (Wildman–Crippen MR) is 126 cm³/mol. The Morgan fingerprint density at radius 3 is 2.53 bits per heavy atom. The second-order valence-electron chi connectivity index (χ2n) is 8.78. The largest absolute Gasteiger partial charge is 0.465 e. The molecule has 0 bridgehead atoms. The number of nitrogens with one attached hydrogen (secondary N) is 2. The van der Waals surface area contributed by atoms with E-state index in [0.717, 1.165) is 21.9 Å². The van der Waals surface area contributed by atoms with E-state index in [1.807, 2.05) is 0 Å². The average Bonchev–Trinajstić information content (AvgIpc) is 2.81. The van der Waals surface area contributed by atoms with Crippen LogP contribution in [0.15, 0.2) is 48.5 Å². The Morgan fingerprint density at radius 2 is 1.89 bits per heavy atom. The topological polar surface area (TPSA) is 102 Å². The third-order valence-corrected chi connectivity index (χ3v) is 6.58. The van der Waals surface area contributed by atoms with E-state index in [2.05, 4.69) is 10.6 Å². The number of hydrogen-bond donors (Lipinski definition) is 3. The number of carbonyl (C=O) groups is 3. The van der Waals surface area contributed by atoms with Crippen LogP contribution in [0.1, 0.15) is 24.4 Å². The number of carbonyl (C=O) groups excluding carboxylic acids is 2. The molecule has 2 atom stereocenters. The number of carboxylic acid groups (broad SMARTS) is 1. The molecule has 0 spiro atoms. The van der Waals surface area contributed by atoms with E-state index in [-0.39, 0.29) is 29.4 Å². The molecule has 4 rings (SSSR count). The van der Waals surface area contributed by atoms with E-state index in [4.69, 9.17) is 11.6 Å². The zero-order valence-corrected chi connectivity index (χ0v) is 19.7. The van der Waals surface area contributed by atoms with Gasteiger partial charge in [-0.05, 0) is 24.3 Å². The average molecular weight is 525 g/mol. The first kappa shape index (κ1) is 25.8. The van der Waals surface area contributed by atoms with Crippen LogP contribution in [0.5, 0.6) is 0 Å². The lowest BCUT2D eigenvalue weighted by Gasteiger charge is -2.41. The van der Waals surface area contributed by atoms with Crippen LogP contribution < -0.4 is 15.5 Å². The first-order chi connectivity index (χ1) is 17.1. The van der Waals surface area contributed by atoms with Crippen LogP contribution in [0.25, 0.3) is 0 Å². The van der Waals surface area contributed by atoms with Crippen molar-refractivity contribution in [1.29, 1.82) is 0 Å². The summed E-state index contributed by atoms with van der Waals surface area (Å²) in [5, 5.41) is 15.3. The summed E-state index contributed by atoms with van der Waals surface area (Å²) < 4.78 is 41.2. The second kappa shape index (κ2) is 10.4. The van der Waals surface area contributed by atoms with Crippen LogP contribution in [0.2, 0.25) is 5.02 Å². The maximum absolute atomic E-state index is 14.3. The second-order valence-corrected chi connectivity index (χ2v) is 9.18. The molecule has 1 saturated heterocycles. The Kier molecular flexibility index (Phi) is 7.41. The van der Waals surface area contributed by atoms with Crippen LogP contribution in [0.3, 0.4) is 0 Å². The summed E-state index contributed by atoms with van der Waals surface area (Å²) in [5.74, 6) is -5.19. The molecule has 1 aliphatic carbocycles. The molecule has 1 aliphatic heterocycles. The molecule has 2 unspecified atom stereocenters. The molecule has 0 radical (unpaired) electrons. The first-order valence-electron chi connectivity index (χ1n) is 11.3. The zero-order valence-electron chi connectivity index (χ0n) is 19.0. The van der Waals surface area contributed by atoms with Crippen LogP contribution >= 0.6 is 11.6 Å². The number of benzene rings is 2. The Hall–Kier alpha value is -3.31. The number of piperazine rings is 1. The summed E-state index contributed by atoms with van der Waals surface area (Å²) >= 11 is 6.40. The van der Waals surface area contributed by atoms with Crippen molar-refractivity contribution >= 4 is 35.2 Å². The summed E-state index contributed by atoms with van der Waals surface area (Å²) in [4.78, 5) is 41.3. The molecule has 3 amide bonds. The van der Waals surface area contributed by atoms with Gasteiger partial charge in [0.15, 0.2) is 0 Å².